The molecule has 0 saturated carbocycles. The van der Waals surface area contributed by atoms with Crippen LogP contribution in [0.3, 0.4) is 0 Å². The van der Waals surface area contributed by atoms with E-state index in [2.05, 4.69) is 59.7 Å². The Morgan fingerprint density at radius 3 is 2.65 bits per heavy atom. The normalized spacial score (nSPS) is 15.2. The smallest absolute Gasteiger partial charge is 0.337 e. The molecule has 2 atom stereocenters. The molecule has 0 fully saturated rings. The number of aliphatic hydroxyl groups is 1. The van der Waals surface area contributed by atoms with Gasteiger partial charge in [-0.2, -0.15) is 5.10 Å². The van der Waals surface area contributed by atoms with Crippen LogP contribution in [0.1, 0.15) is 36.6 Å². The van der Waals surface area contributed by atoms with Crippen molar-refractivity contribution < 1.29 is 33.6 Å². The van der Waals surface area contributed by atoms with Crippen LogP contribution in [0.2, 0.25) is 10.0 Å². The summed E-state index contributed by atoms with van der Waals surface area (Å²) in [6, 6.07) is 12.7. The Labute approximate surface area is 297 Å². The number of rotatable bonds is 13. The molecule has 4 N–H and O–H groups in total. The van der Waals surface area contributed by atoms with Crippen molar-refractivity contribution in [3.05, 3.63) is 94.6 Å². The molecule has 0 saturated heterocycles. The Kier molecular flexibility index (Phi) is 12.8. The Morgan fingerprint density at radius 2 is 1.93 bits per heavy atom. The number of carbonyl (C=O) groups excluding carboxylic acids is 2. The van der Waals surface area contributed by atoms with E-state index in [0.29, 0.717) is 50.7 Å². The quantitative estimate of drug-likeness (QED) is 0.0506. The van der Waals surface area contributed by atoms with Crippen LogP contribution in [-0.2, 0) is 16.1 Å². The van der Waals surface area contributed by atoms with Gasteiger partial charge in [0.2, 0.25) is 0 Å². The van der Waals surface area contributed by atoms with E-state index in [1.54, 1.807) is 43.3 Å². The molecular formula is C31H30BrCl2IN4O7. The van der Waals surface area contributed by atoms with Gasteiger partial charge in [0.05, 0.1) is 35.1 Å². The number of amides is 2. The van der Waals surface area contributed by atoms with Gasteiger partial charge < -0.3 is 34.7 Å². The number of carbonyl (C=O) groups is 2. The summed E-state index contributed by atoms with van der Waals surface area (Å²) in [5, 5.41) is 21.1. The van der Waals surface area contributed by atoms with Crippen LogP contribution in [-0.4, -0.2) is 49.9 Å². The van der Waals surface area contributed by atoms with Gasteiger partial charge in [0.1, 0.15) is 19.0 Å². The molecule has 0 aromatic heterocycles. The van der Waals surface area contributed by atoms with Gasteiger partial charge in [0, 0.05) is 31.3 Å². The monoisotopic (exact) mass is 846 g/mol. The third kappa shape index (κ3) is 9.18. The maximum Gasteiger partial charge on any atom is 0.337 e. The lowest BCUT2D eigenvalue weighted by Crippen LogP contribution is -2.45. The molecule has 4 rings (SSSR count). The van der Waals surface area contributed by atoms with Crippen molar-refractivity contribution in [2.75, 3.05) is 20.3 Å². The standard InChI is InChI=1S/C31H30BrCl2IN4O7/c1-4-44-25-10-17(28-27(30(41)43-3)16(2)37-31(42)38-28)6-8-24(25)45-15-26(40)39-36-13-19-9-20(32)11-23(35)29(19)46-14-18-5-7-21(33)12-22(18)34/h5-13,26,28,39-40H,4,14-15H2,1-3H3,(H2,37,38,42)/b36-13+/t26-,28-/m0/s1. The van der Waals surface area contributed by atoms with E-state index in [-0.39, 0.29) is 18.8 Å². The van der Waals surface area contributed by atoms with E-state index in [9.17, 15) is 14.7 Å². The number of nitrogens with one attached hydrogen (secondary N) is 3. The summed E-state index contributed by atoms with van der Waals surface area (Å²) in [5.74, 6) is 0.703. The van der Waals surface area contributed by atoms with E-state index in [0.717, 1.165) is 13.6 Å². The highest BCUT2D eigenvalue weighted by Crippen LogP contribution is 2.35. The molecule has 11 nitrogen and oxygen atoms in total. The number of hydrogen-bond donors (Lipinski definition) is 4. The molecule has 244 valence electrons. The molecule has 0 aliphatic carbocycles. The zero-order valence-electron chi connectivity index (χ0n) is 24.8. The number of esters is 1. The molecule has 15 heteroatoms. The SMILES string of the molecule is CCOc1cc([C@@H]2NC(=O)NC(C)=C2C(=O)OC)ccc1OC[C@H](O)N/N=C/c1cc(Br)cc(I)c1OCc1ccc(Cl)cc1Cl. The van der Waals surface area contributed by atoms with Gasteiger partial charge in [-0.25, -0.2) is 9.59 Å². The predicted molar refractivity (Wildman–Crippen MR) is 187 cm³/mol. The van der Waals surface area contributed by atoms with Crippen molar-refractivity contribution in [3.63, 3.8) is 0 Å². The van der Waals surface area contributed by atoms with Crippen molar-refractivity contribution >= 4 is 79.9 Å². The maximum absolute atomic E-state index is 12.5. The lowest BCUT2D eigenvalue weighted by Gasteiger charge is -2.28. The minimum atomic E-state index is -1.19. The van der Waals surface area contributed by atoms with Gasteiger partial charge >= 0.3 is 12.0 Å². The molecule has 2 amide bonds. The van der Waals surface area contributed by atoms with Gasteiger partial charge in [-0.15, -0.1) is 0 Å². The number of aliphatic hydroxyl groups excluding tert-OH is 1. The first-order valence-electron chi connectivity index (χ1n) is 13.8. The zero-order valence-corrected chi connectivity index (χ0v) is 30.1. The summed E-state index contributed by atoms with van der Waals surface area (Å²) in [4.78, 5) is 24.7. The number of benzene rings is 3. The molecule has 1 heterocycles. The van der Waals surface area contributed by atoms with E-state index < -0.39 is 24.3 Å². The number of halogens is 4. The average molecular weight is 848 g/mol. The molecule has 3 aromatic carbocycles. The van der Waals surface area contributed by atoms with Crippen molar-refractivity contribution in [1.82, 2.24) is 16.1 Å². The number of hydrogen-bond acceptors (Lipinski definition) is 9. The summed E-state index contributed by atoms with van der Waals surface area (Å²) in [5.41, 5.74) is 5.29. The van der Waals surface area contributed by atoms with Crippen LogP contribution in [0, 0.1) is 3.57 Å². The van der Waals surface area contributed by atoms with E-state index in [1.165, 1.54) is 13.3 Å². The van der Waals surface area contributed by atoms with Crippen LogP contribution in [0.4, 0.5) is 4.79 Å². The highest BCUT2D eigenvalue weighted by Gasteiger charge is 2.32. The second-order valence-corrected chi connectivity index (χ2v) is 12.7. The van der Waals surface area contributed by atoms with Crippen molar-refractivity contribution in [3.8, 4) is 17.2 Å². The summed E-state index contributed by atoms with van der Waals surface area (Å²) in [6.45, 7) is 3.79. The highest BCUT2D eigenvalue weighted by molar-refractivity contribution is 14.1. The summed E-state index contributed by atoms with van der Waals surface area (Å²) in [6.07, 6.45) is 0.339. The topological polar surface area (TPSA) is 140 Å². The third-order valence-corrected chi connectivity index (χ3v) is 8.37. The molecule has 0 unspecified atom stereocenters. The Morgan fingerprint density at radius 1 is 1.15 bits per heavy atom. The van der Waals surface area contributed by atoms with Gasteiger partial charge in [0.15, 0.2) is 17.7 Å². The molecule has 1 aliphatic rings. The molecule has 46 heavy (non-hydrogen) atoms. The number of methoxy groups -OCH3 is 1. The fraction of sp³-hybridized carbons (Fsp3) is 0.258. The third-order valence-electron chi connectivity index (χ3n) is 6.52. The first-order chi connectivity index (χ1) is 22.0. The van der Waals surface area contributed by atoms with Crippen molar-refractivity contribution in [2.24, 2.45) is 5.10 Å². The Hall–Kier alpha value is -3.24. The van der Waals surface area contributed by atoms with E-state index in [4.69, 9.17) is 42.1 Å². The fourth-order valence-electron chi connectivity index (χ4n) is 4.43. The summed E-state index contributed by atoms with van der Waals surface area (Å²) in [7, 11) is 1.27. The van der Waals surface area contributed by atoms with Crippen LogP contribution < -0.4 is 30.3 Å². The second-order valence-electron chi connectivity index (χ2n) is 9.75. The second kappa shape index (κ2) is 16.5. The molecule has 1 aliphatic heterocycles. The lowest BCUT2D eigenvalue weighted by atomic mass is 9.95. The number of nitrogens with zero attached hydrogens (tertiary/aromatic N) is 1. The first-order valence-corrected chi connectivity index (χ1v) is 16.4. The van der Waals surface area contributed by atoms with Gasteiger partial charge in [-0.3, -0.25) is 5.43 Å². The van der Waals surface area contributed by atoms with Crippen LogP contribution in [0.25, 0.3) is 0 Å². The van der Waals surface area contributed by atoms with E-state index in [1.807, 2.05) is 19.1 Å². The predicted octanol–water partition coefficient (Wildman–Crippen LogP) is 6.46. The lowest BCUT2D eigenvalue weighted by molar-refractivity contribution is -0.136. The maximum atomic E-state index is 12.5. The van der Waals surface area contributed by atoms with Crippen molar-refractivity contribution in [1.29, 1.82) is 0 Å². The van der Waals surface area contributed by atoms with Crippen LogP contribution >= 0.6 is 61.7 Å². The van der Waals surface area contributed by atoms with E-state index >= 15 is 0 Å². The average Bonchev–Trinajstić information content (AvgIpc) is 3.00. The minimum Gasteiger partial charge on any atom is -0.490 e. The van der Waals surface area contributed by atoms with Crippen LogP contribution in [0.5, 0.6) is 17.2 Å². The highest BCUT2D eigenvalue weighted by atomic mass is 127. The summed E-state index contributed by atoms with van der Waals surface area (Å²) < 4.78 is 24.3. The number of urea groups is 1. The zero-order chi connectivity index (χ0) is 33.4. The first kappa shape index (κ1) is 35.6. The van der Waals surface area contributed by atoms with Crippen LogP contribution in [0.15, 0.2) is 69.4 Å². The van der Waals surface area contributed by atoms with Gasteiger partial charge in [0.25, 0.3) is 0 Å². The summed E-state index contributed by atoms with van der Waals surface area (Å²) >= 11 is 18.0. The van der Waals surface area contributed by atoms with Gasteiger partial charge in [-0.1, -0.05) is 51.3 Å². The minimum absolute atomic E-state index is 0.179. The largest absolute Gasteiger partial charge is 0.490 e. The molecule has 0 bridgehead atoms. The fourth-order valence-corrected chi connectivity index (χ4v) is 6.60. The molecule has 3 aromatic rings. The Balaban J connectivity index is 1.43. The number of hydrazone groups is 1. The molecular weight excluding hydrogens is 818 g/mol. The number of ether oxygens (including phenoxy) is 4. The van der Waals surface area contributed by atoms with Gasteiger partial charge in [-0.05, 0) is 78.4 Å². The Bertz CT molecular complexity index is 1670. The molecule has 0 spiro atoms. The van der Waals surface area contributed by atoms with Crippen molar-refractivity contribution in [2.45, 2.75) is 32.7 Å². The number of allylic oxidation sites excluding steroid dienone is 1. The molecule has 0 radical (unpaired) electrons.